The molecule has 0 aromatic heterocycles. The van der Waals surface area contributed by atoms with Gasteiger partial charge in [-0.3, -0.25) is 0 Å². The lowest BCUT2D eigenvalue weighted by Gasteiger charge is -2.26. The quantitative estimate of drug-likeness (QED) is 0.772. The van der Waals surface area contributed by atoms with E-state index in [0.717, 1.165) is 32.1 Å². The molecule has 0 aromatic carbocycles. The van der Waals surface area contributed by atoms with Crippen LogP contribution in [0.1, 0.15) is 45.4 Å². The summed E-state index contributed by atoms with van der Waals surface area (Å²) in [5.74, 6) is -0.958. The van der Waals surface area contributed by atoms with Crippen LogP contribution in [0.2, 0.25) is 0 Å². The summed E-state index contributed by atoms with van der Waals surface area (Å²) in [4.78, 5) is 24.5. The zero-order valence-electron chi connectivity index (χ0n) is 10.6. The van der Waals surface area contributed by atoms with Crippen molar-refractivity contribution in [2.24, 2.45) is 0 Å². The summed E-state index contributed by atoms with van der Waals surface area (Å²) in [5.41, 5.74) is 0. The minimum atomic E-state index is -0.958. The molecule has 1 aliphatic carbocycles. The monoisotopic (exact) mass is 242 g/mol. The summed E-state index contributed by atoms with van der Waals surface area (Å²) in [6.07, 6.45) is 5.56. The number of aliphatic carboxylic acids is 1. The van der Waals surface area contributed by atoms with Crippen molar-refractivity contribution >= 4 is 12.0 Å². The molecular weight excluding hydrogens is 220 g/mol. The minimum absolute atomic E-state index is 0.266. The largest absolute Gasteiger partial charge is 0.480 e. The summed E-state index contributed by atoms with van der Waals surface area (Å²) in [7, 11) is 1.75. The van der Waals surface area contributed by atoms with Crippen LogP contribution in [0.4, 0.5) is 4.79 Å². The molecule has 2 amide bonds. The van der Waals surface area contributed by atoms with E-state index in [1.54, 1.807) is 11.9 Å². The second-order valence-electron chi connectivity index (χ2n) is 4.68. The summed E-state index contributed by atoms with van der Waals surface area (Å²) in [5, 5.41) is 11.5. The Kier molecular flexibility index (Phi) is 5.25. The first kappa shape index (κ1) is 13.8. The van der Waals surface area contributed by atoms with Gasteiger partial charge in [-0.25, -0.2) is 9.59 Å². The van der Waals surface area contributed by atoms with E-state index < -0.39 is 12.0 Å². The van der Waals surface area contributed by atoms with Crippen LogP contribution in [-0.2, 0) is 4.79 Å². The van der Waals surface area contributed by atoms with Crippen molar-refractivity contribution in [3.63, 3.8) is 0 Å². The van der Waals surface area contributed by atoms with E-state index in [4.69, 9.17) is 5.11 Å². The molecule has 0 aromatic rings. The van der Waals surface area contributed by atoms with E-state index >= 15 is 0 Å². The van der Waals surface area contributed by atoms with E-state index in [1.165, 1.54) is 0 Å². The van der Waals surface area contributed by atoms with Gasteiger partial charge in [0, 0.05) is 13.1 Å². The number of carbonyl (C=O) groups excluding carboxylic acids is 1. The maximum Gasteiger partial charge on any atom is 0.326 e. The number of carboxylic acids is 1. The van der Waals surface area contributed by atoms with E-state index in [1.807, 2.05) is 6.92 Å². The first-order valence-corrected chi connectivity index (χ1v) is 6.32. The molecule has 2 N–H and O–H groups in total. The fraction of sp³-hybridized carbons (Fsp3) is 0.833. The van der Waals surface area contributed by atoms with Crippen molar-refractivity contribution in [2.75, 3.05) is 7.05 Å². The third-order valence-electron chi connectivity index (χ3n) is 3.37. The van der Waals surface area contributed by atoms with Crippen LogP contribution >= 0.6 is 0 Å². The van der Waals surface area contributed by atoms with Crippen molar-refractivity contribution in [1.82, 2.24) is 10.2 Å². The van der Waals surface area contributed by atoms with Gasteiger partial charge in [0.2, 0.25) is 0 Å². The summed E-state index contributed by atoms with van der Waals surface area (Å²) >= 11 is 0. The number of carboxylic acid groups (broad SMARTS) is 1. The Morgan fingerprint density at radius 2 is 2.00 bits per heavy atom. The lowest BCUT2D eigenvalue weighted by Crippen LogP contribution is -2.49. The number of urea groups is 1. The fourth-order valence-corrected chi connectivity index (χ4v) is 2.25. The lowest BCUT2D eigenvalue weighted by molar-refractivity contribution is -0.139. The molecule has 0 heterocycles. The smallest absolute Gasteiger partial charge is 0.326 e. The van der Waals surface area contributed by atoms with Gasteiger partial charge in [0.1, 0.15) is 6.04 Å². The van der Waals surface area contributed by atoms with E-state index in [9.17, 15) is 9.59 Å². The van der Waals surface area contributed by atoms with Gasteiger partial charge in [0.15, 0.2) is 0 Å². The van der Waals surface area contributed by atoms with Gasteiger partial charge in [-0.2, -0.15) is 0 Å². The normalized spacial score (nSPS) is 17.8. The molecule has 1 saturated carbocycles. The predicted octanol–water partition coefficient (Wildman–Crippen LogP) is 1.82. The predicted molar refractivity (Wildman–Crippen MR) is 64.9 cm³/mol. The second-order valence-corrected chi connectivity index (χ2v) is 4.68. The molecule has 1 atom stereocenters. The number of nitrogens with zero attached hydrogens (tertiary/aromatic N) is 1. The highest BCUT2D eigenvalue weighted by Crippen LogP contribution is 2.22. The highest BCUT2D eigenvalue weighted by molar-refractivity contribution is 5.82. The molecule has 5 heteroatoms. The molecule has 1 fully saturated rings. The summed E-state index contributed by atoms with van der Waals surface area (Å²) < 4.78 is 0. The van der Waals surface area contributed by atoms with Crippen molar-refractivity contribution in [3.8, 4) is 0 Å². The van der Waals surface area contributed by atoms with Gasteiger partial charge >= 0.3 is 12.0 Å². The van der Waals surface area contributed by atoms with Crippen LogP contribution in [0, 0.1) is 0 Å². The molecule has 5 nitrogen and oxygen atoms in total. The highest BCUT2D eigenvalue weighted by atomic mass is 16.4. The molecule has 0 saturated heterocycles. The highest BCUT2D eigenvalue weighted by Gasteiger charge is 2.26. The van der Waals surface area contributed by atoms with E-state index in [0.29, 0.717) is 6.42 Å². The first-order chi connectivity index (χ1) is 8.06. The van der Waals surface area contributed by atoms with Crippen LogP contribution in [0.5, 0.6) is 0 Å². The molecule has 0 bridgehead atoms. The Morgan fingerprint density at radius 3 is 2.47 bits per heavy atom. The van der Waals surface area contributed by atoms with Crippen molar-refractivity contribution < 1.29 is 14.7 Å². The van der Waals surface area contributed by atoms with Crippen molar-refractivity contribution in [3.05, 3.63) is 0 Å². The van der Waals surface area contributed by atoms with Gasteiger partial charge < -0.3 is 15.3 Å². The molecule has 17 heavy (non-hydrogen) atoms. The summed E-state index contributed by atoms with van der Waals surface area (Å²) in [6.45, 7) is 1.91. The molecule has 0 aliphatic heterocycles. The van der Waals surface area contributed by atoms with Crippen LogP contribution in [0.15, 0.2) is 0 Å². The molecule has 1 rings (SSSR count). The molecule has 98 valence electrons. The maximum absolute atomic E-state index is 11.9. The number of nitrogens with one attached hydrogen (secondary N) is 1. The van der Waals surface area contributed by atoms with Gasteiger partial charge in [-0.1, -0.05) is 26.2 Å². The number of rotatable bonds is 5. The molecule has 1 aliphatic rings. The average Bonchev–Trinajstić information content (AvgIpc) is 2.80. The van der Waals surface area contributed by atoms with Gasteiger partial charge in [-0.15, -0.1) is 0 Å². The Hall–Kier alpha value is -1.26. The van der Waals surface area contributed by atoms with Crippen molar-refractivity contribution in [1.29, 1.82) is 0 Å². The van der Waals surface area contributed by atoms with Crippen LogP contribution < -0.4 is 5.32 Å². The third kappa shape index (κ3) is 3.91. The van der Waals surface area contributed by atoms with Crippen molar-refractivity contribution in [2.45, 2.75) is 57.5 Å². The average molecular weight is 242 g/mol. The number of hydrogen-bond donors (Lipinski definition) is 2. The maximum atomic E-state index is 11.9. The summed E-state index contributed by atoms with van der Waals surface area (Å²) in [6, 6.07) is -0.764. The zero-order chi connectivity index (χ0) is 12.8. The van der Waals surface area contributed by atoms with E-state index in [-0.39, 0.29) is 12.1 Å². The Labute approximate surface area is 102 Å². The second kappa shape index (κ2) is 6.47. The molecule has 0 unspecified atom stereocenters. The van der Waals surface area contributed by atoms with Gasteiger partial charge in [-0.05, 0) is 19.3 Å². The SMILES string of the molecule is CCC[C@H](NC(=O)N(C)C1CCCC1)C(=O)O. The minimum Gasteiger partial charge on any atom is -0.480 e. The van der Waals surface area contributed by atoms with Crippen LogP contribution in [0.3, 0.4) is 0 Å². The fourth-order valence-electron chi connectivity index (χ4n) is 2.25. The molecule has 0 radical (unpaired) electrons. The number of hydrogen-bond acceptors (Lipinski definition) is 2. The topological polar surface area (TPSA) is 69.6 Å². The number of carbonyl (C=O) groups is 2. The Morgan fingerprint density at radius 1 is 1.41 bits per heavy atom. The molecule has 0 spiro atoms. The molecular formula is C12H22N2O3. The van der Waals surface area contributed by atoms with Crippen LogP contribution in [0.25, 0.3) is 0 Å². The standard InChI is InChI=1S/C12H22N2O3/c1-3-6-10(11(15)16)13-12(17)14(2)9-7-4-5-8-9/h9-10H,3-8H2,1-2H3,(H,13,17)(H,15,16)/t10-/m0/s1. The first-order valence-electron chi connectivity index (χ1n) is 6.32. The van der Waals surface area contributed by atoms with Crippen LogP contribution in [-0.4, -0.2) is 41.1 Å². The zero-order valence-corrected chi connectivity index (χ0v) is 10.6. The number of amides is 2. The van der Waals surface area contributed by atoms with E-state index in [2.05, 4.69) is 5.32 Å². The van der Waals surface area contributed by atoms with Gasteiger partial charge in [0.25, 0.3) is 0 Å². The third-order valence-corrected chi connectivity index (χ3v) is 3.37. The Balaban J connectivity index is 2.47. The Bertz CT molecular complexity index is 275. The van der Waals surface area contributed by atoms with Gasteiger partial charge in [0.05, 0.1) is 0 Å². The lowest BCUT2D eigenvalue weighted by atomic mass is 10.1.